The highest BCUT2D eigenvalue weighted by Gasteiger charge is 2.46. The van der Waals surface area contributed by atoms with Gasteiger partial charge in [0.1, 0.15) is 0 Å². The first-order chi connectivity index (χ1) is 34.8. The molecule has 5 aromatic carbocycles. The quantitative estimate of drug-likeness (QED) is 0.149. The first kappa shape index (κ1) is 40.6. The Morgan fingerprint density at radius 1 is 0.471 bits per heavy atom. The predicted molar refractivity (Wildman–Crippen MR) is 296 cm³/mol. The molecule has 0 N–H and O–H groups in total. The lowest BCUT2D eigenvalue weighted by Gasteiger charge is -2.36. The topological polar surface area (TPSA) is 0 Å². The molecular formula is C70H56. The number of hydrogen-bond acceptors (Lipinski definition) is 0. The van der Waals surface area contributed by atoms with Crippen LogP contribution in [0.3, 0.4) is 0 Å². The van der Waals surface area contributed by atoms with Gasteiger partial charge in [-0.25, -0.2) is 0 Å². The minimum atomic E-state index is 0.264. The van der Waals surface area contributed by atoms with Gasteiger partial charge in [0.05, 0.1) is 0 Å². The Hall–Kier alpha value is -7.28. The van der Waals surface area contributed by atoms with Crippen LogP contribution in [0.2, 0.25) is 0 Å². The Labute approximate surface area is 413 Å². The van der Waals surface area contributed by atoms with Gasteiger partial charge in [-0.05, 0) is 203 Å². The molecule has 4 unspecified atom stereocenters. The van der Waals surface area contributed by atoms with E-state index in [0.717, 1.165) is 64.2 Å². The maximum Gasteiger partial charge on any atom is 0.0206 e. The molecule has 0 aliphatic heterocycles. The van der Waals surface area contributed by atoms with Gasteiger partial charge in [0.25, 0.3) is 0 Å². The summed E-state index contributed by atoms with van der Waals surface area (Å²) in [6.45, 7) is 0. The normalized spacial score (nSPS) is 24.6. The molecule has 0 saturated carbocycles. The number of benzene rings is 5. The van der Waals surface area contributed by atoms with Crippen molar-refractivity contribution in [3.8, 4) is 22.3 Å². The summed E-state index contributed by atoms with van der Waals surface area (Å²) in [6.07, 6.45) is 55.0. The molecule has 336 valence electrons. The maximum atomic E-state index is 2.69. The second-order valence-corrected chi connectivity index (χ2v) is 21.2. The summed E-state index contributed by atoms with van der Waals surface area (Å²) in [7, 11) is 0. The fraction of sp³-hybridized carbons (Fsp3) is 0.200. The fourth-order valence-electron chi connectivity index (χ4n) is 14.7. The van der Waals surface area contributed by atoms with Crippen LogP contribution in [0, 0.1) is 23.7 Å². The standard InChI is InChI=1S/C70H56/c1-5-19-43(20-6-1)50-27-13-15-29-52(50)47-35-36-49-41-62-67-55(59(49)39-47)31-17-34-58(67)69-64(45-23-9-3-10-24-45)63-42-61-54-38-37-48(53-30-16-14-28-51(53)44-21-7-2-8-22-44)40-60(54)56-32-18-33-57(66(56)61)68(63)65(70(62)69)46-25-11-4-12-26-46/h1,3-7,9-14,16-19,21-27,30-34,39-43,51,55,67H,2,8,15,20,28-29,35-38H2. The van der Waals surface area contributed by atoms with E-state index in [1.54, 1.807) is 22.3 Å². The molecule has 0 heteroatoms. The van der Waals surface area contributed by atoms with E-state index in [0.29, 0.717) is 17.8 Å². The van der Waals surface area contributed by atoms with Gasteiger partial charge >= 0.3 is 0 Å². The highest BCUT2D eigenvalue weighted by Crippen LogP contribution is 2.64. The van der Waals surface area contributed by atoms with Gasteiger partial charge in [-0.1, -0.05) is 188 Å². The molecule has 0 nitrogen and oxygen atoms in total. The molecule has 70 heavy (non-hydrogen) atoms. The highest BCUT2D eigenvalue weighted by molar-refractivity contribution is 6.30. The van der Waals surface area contributed by atoms with Gasteiger partial charge in [0.15, 0.2) is 0 Å². The van der Waals surface area contributed by atoms with Gasteiger partial charge < -0.3 is 0 Å². The van der Waals surface area contributed by atoms with Crippen molar-refractivity contribution in [3.63, 3.8) is 0 Å². The van der Waals surface area contributed by atoms with Crippen LogP contribution in [0.5, 0.6) is 0 Å². The van der Waals surface area contributed by atoms with E-state index in [1.807, 2.05) is 0 Å². The fourth-order valence-corrected chi connectivity index (χ4v) is 14.7. The third-order valence-electron chi connectivity index (χ3n) is 17.6. The molecule has 0 saturated heterocycles. The van der Waals surface area contributed by atoms with Crippen LogP contribution in [0.15, 0.2) is 239 Å². The van der Waals surface area contributed by atoms with Crippen molar-refractivity contribution < 1.29 is 0 Å². The van der Waals surface area contributed by atoms with Crippen LogP contribution in [-0.2, 0) is 0 Å². The minimum absolute atomic E-state index is 0.264. The number of fused-ring (bicyclic) bond motifs is 8. The zero-order chi connectivity index (χ0) is 45.9. The van der Waals surface area contributed by atoms with Crippen molar-refractivity contribution in [2.75, 3.05) is 0 Å². The van der Waals surface area contributed by atoms with Crippen molar-refractivity contribution in [1.82, 2.24) is 0 Å². The first-order valence-corrected chi connectivity index (χ1v) is 26.4. The van der Waals surface area contributed by atoms with E-state index in [2.05, 4.69) is 194 Å². The second-order valence-electron chi connectivity index (χ2n) is 21.2. The van der Waals surface area contributed by atoms with E-state index >= 15 is 0 Å². The molecule has 4 atom stereocenters. The van der Waals surface area contributed by atoms with Crippen molar-refractivity contribution in [2.45, 2.75) is 64.2 Å². The zero-order valence-electron chi connectivity index (χ0n) is 39.9. The number of rotatable bonds is 6. The third-order valence-corrected chi connectivity index (χ3v) is 17.6. The third kappa shape index (κ3) is 6.08. The molecule has 10 aliphatic carbocycles. The highest BCUT2D eigenvalue weighted by atomic mass is 14.5. The van der Waals surface area contributed by atoms with E-state index in [1.165, 1.54) is 111 Å². The Bertz CT molecular complexity index is 3670. The number of hydrogen-bond donors (Lipinski definition) is 0. The summed E-state index contributed by atoms with van der Waals surface area (Å²) >= 11 is 0. The zero-order valence-corrected chi connectivity index (χ0v) is 39.9. The summed E-state index contributed by atoms with van der Waals surface area (Å²) < 4.78 is 0. The lowest BCUT2D eigenvalue weighted by molar-refractivity contribution is 0.654. The largest absolute Gasteiger partial charge is 0.0839 e. The summed E-state index contributed by atoms with van der Waals surface area (Å²) in [5.41, 5.74) is 29.5. The van der Waals surface area contributed by atoms with Gasteiger partial charge in [-0.2, -0.15) is 0 Å². The summed E-state index contributed by atoms with van der Waals surface area (Å²) in [6, 6.07) is 32.8. The number of allylic oxidation sites excluding steroid dienone is 30. The lowest BCUT2D eigenvalue weighted by Crippen LogP contribution is -2.22. The van der Waals surface area contributed by atoms with Crippen molar-refractivity contribution in [3.05, 3.63) is 261 Å². The van der Waals surface area contributed by atoms with Crippen LogP contribution in [0.25, 0.3) is 66.1 Å². The Morgan fingerprint density at radius 2 is 1.29 bits per heavy atom. The monoisotopic (exact) mass is 896 g/mol. The predicted octanol–water partition coefficient (Wildman–Crippen LogP) is 18.4. The van der Waals surface area contributed by atoms with Crippen LogP contribution in [0.4, 0.5) is 0 Å². The average molecular weight is 897 g/mol. The van der Waals surface area contributed by atoms with E-state index in [-0.39, 0.29) is 5.92 Å². The smallest absolute Gasteiger partial charge is 0.0206 e. The van der Waals surface area contributed by atoms with Gasteiger partial charge in [0.2, 0.25) is 0 Å². The van der Waals surface area contributed by atoms with Gasteiger partial charge in [-0.15, -0.1) is 0 Å². The molecule has 0 spiro atoms. The van der Waals surface area contributed by atoms with E-state index < -0.39 is 0 Å². The average Bonchev–Trinajstić information content (AvgIpc) is 3.94. The molecule has 10 aliphatic rings. The van der Waals surface area contributed by atoms with Crippen LogP contribution in [-0.4, -0.2) is 0 Å². The molecule has 0 bridgehead atoms. The van der Waals surface area contributed by atoms with Crippen LogP contribution in [0.1, 0.15) is 86.5 Å². The van der Waals surface area contributed by atoms with Crippen molar-refractivity contribution in [2.24, 2.45) is 23.7 Å². The lowest BCUT2D eigenvalue weighted by atomic mass is 9.68. The van der Waals surface area contributed by atoms with Crippen molar-refractivity contribution >= 4 is 43.8 Å². The summed E-state index contributed by atoms with van der Waals surface area (Å²) in [4.78, 5) is 0. The molecule has 15 rings (SSSR count). The van der Waals surface area contributed by atoms with E-state index in [9.17, 15) is 0 Å². The molecule has 0 fully saturated rings. The first-order valence-electron chi connectivity index (χ1n) is 26.4. The Balaban J connectivity index is 0.966. The molecule has 5 aromatic rings. The molecule has 0 radical (unpaired) electrons. The van der Waals surface area contributed by atoms with Crippen LogP contribution < -0.4 is 0 Å². The molecule has 0 aromatic heterocycles. The van der Waals surface area contributed by atoms with Gasteiger partial charge in [0, 0.05) is 23.7 Å². The van der Waals surface area contributed by atoms with Crippen molar-refractivity contribution in [1.29, 1.82) is 0 Å². The SMILES string of the molecule is C1=CCC(C2=C(C3=CC4=C(C=C5c6c(c(-c7ccccc7)c7cc8c9c(cccc9c7c6-c6ccccc6)C6=C8CCC(C7=CC=CCC7C7=CCCC=C7)=C6)C6=CC=CC4C65)CC3)CCC=C2)C=C1. The second kappa shape index (κ2) is 16.1. The Morgan fingerprint density at radius 3 is 2.13 bits per heavy atom. The van der Waals surface area contributed by atoms with Crippen LogP contribution >= 0.6 is 0 Å². The summed E-state index contributed by atoms with van der Waals surface area (Å²) in [5.74, 6) is 1.46. The summed E-state index contributed by atoms with van der Waals surface area (Å²) in [5, 5.41) is 5.60. The maximum absolute atomic E-state index is 2.69. The van der Waals surface area contributed by atoms with E-state index in [4.69, 9.17) is 0 Å². The van der Waals surface area contributed by atoms with Gasteiger partial charge in [-0.3, -0.25) is 0 Å². The molecule has 0 amide bonds. The minimum Gasteiger partial charge on any atom is -0.0839 e. The molecular weight excluding hydrogens is 841 g/mol. The Kier molecular flexibility index (Phi) is 9.36. The molecule has 0 heterocycles.